The molecule has 0 aromatic heterocycles. The summed E-state index contributed by atoms with van der Waals surface area (Å²) in [7, 11) is 0. The van der Waals surface area contributed by atoms with Gasteiger partial charge in [-0.2, -0.15) is 0 Å². The van der Waals surface area contributed by atoms with Crippen molar-refractivity contribution in [2.24, 2.45) is 0 Å². The van der Waals surface area contributed by atoms with Gasteiger partial charge in [-0.3, -0.25) is 0 Å². The largest absolute Gasteiger partial charge is 0.491 e. The van der Waals surface area contributed by atoms with Crippen molar-refractivity contribution in [2.45, 2.75) is 25.4 Å². The summed E-state index contributed by atoms with van der Waals surface area (Å²) in [6.45, 7) is 3.76. The predicted molar refractivity (Wildman–Crippen MR) is 71.9 cm³/mol. The zero-order valence-corrected chi connectivity index (χ0v) is 10.6. The quantitative estimate of drug-likeness (QED) is 0.738. The van der Waals surface area contributed by atoms with Gasteiger partial charge >= 0.3 is 0 Å². The molecule has 0 N–H and O–H groups in total. The third-order valence-corrected chi connectivity index (χ3v) is 3.52. The van der Waals surface area contributed by atoms with Gasteiger partial charge < -0.3 is 9.47 Å². The lowest BCUT2D eigenvalue weighted by molar-refractivity contribution is 0.263. The molecule has 0 spiro atoms. The van der Waals surface area contributed by atoms with E-state index in [1.54, 1.807) is 0 Å². The van der Waals surface area contributed by atoms with Crippen molar-refractivity contribution in [3.8, 4) is 5.75 Å². The Bertz CT molecular complexity index is 466. The average Bonchev–Trinajstić information content (AvgIpc) is 3.08. The van der Waals surface area contributed by atoms with Crippen LogP contribution in [0.4, 0.5) is 0 Å². The van der Waals surface area contributed by atoms with Gasteiger partial charge in [0.2, 0.25) is 0 Å². The molecule has 2 atom stereocenters. The number of rotatable bonds is 5. The molecule has 1 heterocycles. The highest BCUT2D eigenvalue weighted by Crippen LogP contribution is 2.29. The zero-order chi connectivity index (χ0) is 12.4. The summed E-state index contributed by atoms with van der Waals surface area (Å²) in [5.41, 5.74) is 2.75. The zero-order valence-electron chi connectivity index (χ0n) is 10.6. The van der Waals surface area contributed by atoms with Gasteiger partial charge in [0, 0.05) is 5.92 Å². The van der Waals surface area contributed by atoms with Crippen molar-refractivity contribution in [3.05, 3.63) is 53.6 Å². The molecule has 3 rings (SSSR count). The minimum atomic E-state index is 0.317. The third-order valence-electron chi connectivity index (χ3n) is 3.52. The summed E-state index contributed by atoms with van der Waals surface area (Å²) in [6, 6.07) is 8.41. The van der Waals surface area contributed by atoms with Crippen LogP contribution in [0.25, 0.3) is 0 Å². The van der Waals surface area contributed by atoms with Crippen molar-refractivity contribution in [3.63, 3.8) is 0 Å². The normalized spacial score (nSPS) is 22.7. The van der Waals surface area contributed by atoms with Crippen molar-refractivity contribution in [2.75, 3.05) is 13.2 Å². The van der Waals surface area contributed by atoms with Crippen molar-refractivity contribution in [1.82, 2.24) is 0 Å². The Morgan fingerprint density at radius 2 is 2.11 bits per heavy atom. The second kappa shape index (κ2) is 4.99. The van der Waals surface area contributed by atoms with Crippen molar-refractivity contribution in [1.29, 1.82) is 0 Å². The predicted octanol–water partition coefficient (Wildman–Crippen LogP) is 3.45. The number of benzene rings is 1. The molecule has 0 radical (unpaired) electrons. The molecule has 1 aliphatic carbocycles. The first kappa shape index (κ1) is 11.5. The van der Waals surface area contributed by atoms with E-state index >= 15 is 0 Å². The van der Waals surface area contributed by atoms with E-state index in [1.165, 1.54) is 11.1 Å². The summed E-state index contributed by atoms with van der Waals surface area (Å²) >= 11 is 0. The molecular weight excluding hydrogens is 224 g/mol. The van der Waals surface area contributed by atoms with Crippen LogP contribution in [0.5, 0.6) is 5.75 Å². The Hall–Kier alpha value is -1.54. The minimum absolute atomic E-state index is 0.317. The number of ether oxygens (including phenoxy) is 2. The fourth-order valence-corrected chi connectivity index (χ4v) is 2.20. The minimum Gasteiger partial charge on any atom is -0.491 e. The molecule has 1 saturated heterocycles. The smallest absolute Gasteiger partial charge is 0.119 e. The molecule has 0 amide bonds. The molecule has 0 bridgehead atoms. The van der Waals surface area contributed by atoms with Crippen LogP contribution in [0.15, 0.2) is 48.1 Å². The first-order chi connectivity index (χ1) is 8.83. The van der Waals surface area contributed by atoms with E-state index in [1.807, 2.05) is 12.1 Å². The SMILES string of the molecule is CC(C1=CCC=C1)c1ccc(OCC2CO2)cc1. The van der Waals surface area contributed by atoms with Crippen molar-refractivity contribution < 1.29 is 9.47 Å². The highest BCUT2D eigenvalue weighted by atomic mass is 16.6. The van der Waals surface area contributed by atoms with Gasteiger partial charge in [0.15, 0.2) is 0 Å². The van der Waals surface area contributed by atoms with Gasteiger partial charge in [-0.05, 0) is 29.7 Å². The Labute approximate surface area is 108 Å². The van der Waals surface area contributed by atoms with E-state index in [9.17, 15) is 0 Å². The summed E-state index contributed by atoms with van der Waals surface area (Å²) < 4.78 is 10.8. The summed E-state index contributed by atoms with van der Waals surface area (Å²) in [6.07, 6.45) is 8.11. The highest BCUT2D eigenvalue weighted by Gasteiger charge is 2.23. The maximum atomic E-state index is 5.64. The Morgan fingerprint density at radius 3 is 2.72 bits per heavy atom. The van der Waals surface area contributed by atoms with Gasteiger partial charge in [0.05, 0.1) is 6.61 Å². The molecule has 2 heteroatoms. The van der Waals surface area contributed by atoms with Crippen LogP contribution in [0.2, 0.25) is 0 Å². The van der Waals surface area contributed by atoms with Gasteiger partial charge in [0.25, 0.3) is 0 Å². The van der Waals surface area contributed by atoms with E-state index in [2.05, 4.69) is 37.3 Å². The number of epoxide rings is 1. The molecule has 1 fully saturated rings. The summed E-state index contributed by atoms with van der Waals surface area (Å²) in [5.74, 6) is 1.39. The molecular formula is C16H18O2. The van der Waals surface area contributed by atoms with E-state index in [4.69, 9.17) is 9.47 Å². The number of allylic oxidation sites excluding steroid dienone is 4. The van der Waals surface area contributed by atoms with E-state index in [0.29, 0.717) is 18.6 Å². The Balaban J connectivity index is 1.63. The lowest BCUT2D eigenvalue weighted by Gasteiger charge is -2.13. The average molecular weight is 242 g/mol. The number of hydrogen-bond acceptors (Lipinski definition) is 2. The van der Waals surface area contributed by atoms with Crippen LogP contribution in [-0.4, -0.2) is 19.3 Å². The maximum absolute atomic E-state index is 5.64. The molecule has 1 aromatic rings. The molecule has 2 nitrogen and oxygen atoms in total. The molecule has 94 valence electrons. The van der Waals surface area contributed by atoms with Crippen LogP contribution in [0.3, 0.4) is 0 Å². The Kier molecular flexibility index (Phi) is 3.20. The molecule has 1 aromatic carbocycles. The second-order valence-electron chi connectivity index (χ2n) is 4.90. The van der Waals surface area contributed by atoms with Crippen LogP contribution in [0, 0.1) is 0 Å². The van der Waals surface area contributed by atoms with Crippen LogP contribution in [-0.2, 0) is 4.74 Å². The second-order valence-corrected chi connectivity index (χ2v) is 4.90. The molecule has 0 saturated carbocycles. The van der Waals surface area contributed by atoms with Crippen LogP contribution < -0.4 is 4.74 Å². The fraction of sp³-hybridized carbons (Fsp3) is 0.375. The molecule has 18 heavy (non-hydrogen) atoms. The topological polar surface area (TPSA) is 21.8 Å². The Morgan fingerprint density at radius 1 is 1.33 bits per heavy atom. The lowest BCUT2D eigenvalue weighted by atomic mass is 9.94. The van der Waals surface area contributed by atoms with Crippen molar-refractivity contribution >= 4 is 0 Å². The monoisotopic (exact) mass is 242 g/mol. The fourth-order valence-electron chi connectivity index (χ4n) is 2.20. The summed E-state index contributed by atoms with van der Waals surface area (Å²) in [4.78, 5) is 0. The third kappa shape index (κ3) is 2.65. The molecule has 1 aliphatic heterocycles. The maximum Gasteiger partial charge on any atom is 0.119 e. The molecule has 2 unspecified atom stereocenters. The van der Waals surface area contributed by atoms with E-state index < -0.39 is 0 Å². The lowest BCUT2D eigenvalue weighted by Crippen LogP contribution is -2.04. The van der Waals surface area contributed by atoms with E-state index in [-0.39, 0.29) is 0 Å². The highest BCUT2D eigenvalue weighted by molar-refractivity contribution is 5.39. The first-order valence-electron chi connectivity index (χ1n) is 6.54. The van der Waals surface area contributed by atoms with Gasteiger partial charge in [0.1, 0.15) is 18.5 Å². The van der Waals surface area contributed by atoms with Crippen LogP contribution >= 0.6 is 0 Å². The van der Waals surface area contributed by atoms with Gasteiger partial charge in [-0.1, -0.05) is 37.3 Å². The van der Waals surface area contributed by atoms with E-state index in [0.717, 1.165) is 18.8 Å². The van der Waals surface area contributed by atoms with Gasteiger partial charge in [-0.25, -0.2) is 0 Å². The molecule has 2 aliphatic rings. The standard InChI is InChI=1S/C16H18O2/c1-12(13-4-2-3-5-13)14-6-8-15(9-7-14)17-10-16-11-18-16/h2,4-9,12,16H,3,10-11H2,1H3. The number of hydrogen-bond donors (Lipinski definition) is 0. The summed E-state index contributed by atoms with van der Waals surface area (Å²) in [5, 5.41) is 0. The van der Waals surface area contributed by atoms with Crippen LogP contribution in [0.1, 0.15) is 24.8 Å². The first-order valence-corrected chi connectivity index (χ1v) is 6.54. The van der Waals surface area contributed by atoms with Gasteiger partial charge in [-0.15, -0.1) is 0 Å².